The molecule has 0 atom stereocenters. The van der Waals surface area contributed by atoms with Gasteiger partial charge in [-0.3, -0.25) is 9.65 Å². The number of halogens is 2. The van der Waals surface area contributed by atoms with Crippen LogP contribution in [-0.4, -0.2) is 23.9 Å². The standard InChI is InChI=1S/C5H10Cl2NO3P/c1-2-11-5(9)8-12(10,3-6)4-7/h2-4H2,1H3,(H,8,9,10). The number of nitrogens with one attached hydrogen (secondary N) is 1. The van der Waals surface area contributed by atoms with Crippen molar-refractivity contribution >= 4 is 36.6 Å². The molecule has 0 unspecified atom stereocenters. The summed E-state index contributed by atoms with van der Waals surface area (Å²) in [5.41, 5.74) is -0.370. The Morgan fingerprint density at radius 2 is 2.00 bits per heavy atom. The molecule has 0 heterocycles. The van der Waals surface area contributed by atoms with Crippen molar-refractivity contribution in [1.82, 2.24) is 5.09 Å². The Balaban J connectivity index is 4.03. The maximum absolute atomic E-state index is 11.4. The van der Waals surface area contributed by atoms with Gasteiger partial charge in [-0.25, -0.2) is 4.79 Å². The highest BCUT2D eigenvalue weighted by Gasteiger charge is 2.22. The van der Waals surface area contributed by atoms with Gasteiger partial charge in [0, 0.05) is 0 Å². The monoisotopic (exact) mass is 233 g/mol. The highest BCUT2D eigenvalue weighted by atomic mass is 35.5. The topological polar surface area (TPSA) is 55.4 Å². The fourth-order valence-corrected chi connectivity index (χ4v) is 2.13. The first-order valence-electron chi connectivity index (χ1n) is 3.23. The molecule has 0 saturated heterocycles. The molecule has 72 valence electrons. The predicted octanol–water partition coefficient (Wildman–Crippen LogP) is 2.40. The van der Waals surface area contributed by atoms with Crippen molar-refractivity contribution < 1.29 is 14.1 Å². The van der Waals surface area contributed by atoms with Crippen molar-refractivity contribution in [2.75, 3.05) is 17.8 Å². The summed E-state index contributed by atoms with van der Waals surface area (Å²) in [6, 6.07) is 0. The summed E-state index contributed by atoms with van der Waals surface area (Å²) >= 11 is 10.7. The first-order chi connectivity index (χ1) is 5.58. The smallest absolute Gasteiger partial charge is 0.412 e. The van der Waals surface area contributed by atoms with Crippen LogP contribution >= 0.6 is 30.5 Å². The molecule has 0 aromatic carbocycles. The summed E-state index contributed by atoms with van der Waals surface area (Å²) in [4.78, 5) is 10.8. The van der Waals surface area contributed by atoms with Gasteiger partial charge >= 0.3 is 6.09 Å². The molecule has 1 amide bonds. The van der Waals surface area contributed by atoms with Gasteiger partial charge in [0.05, 0.1) is 17.8 Å². The molecule has 0 rings (SSSR count). The van der Waals surface area contributed by atoms with E-state index in [0.717, 1.165) is 0 Å². The van der Waals surface area contributed by atoms with Gasteiger partial charge in [0.1, 0.15) is 0 Å². The van der Waals surface area contributed by atoms with Crippen LogP contribution in [0, 0.1) is 0 Å². The third-order valence-electron chi connectivity index (χ3n) is 0.957. The summed E-state index contributed by atoms with van der Waals surface area (Å²) in [5.74, 6) is 0. The minimum Gasteiger partial charge on any atom is -0.450 e. The van der Waals surface area contributed by atoms with Crippen LogP contribution in [0.2, 0.25) is 0 Å². The molecule has 0 spiro atoms. The second-order valence-corrected chi connectivity index (χ2v) is 5.88. The van der Waals surface area contributed by atoms with E-state index in [1.54, 1.807) is 6.92 Å². The number of carbonyl (C=O) groups is 1. The lowest BCUT2D eigenvalue weighted by molar-refractivity contribution is 0.158. The summed E-state index contributed by atoms with van der Waals surface area (Å²) in [5, 5.41) is 2.12. The first kappa shape index (κ1) is 12.1. The molecule has 7 heteroatoms. The Morgan fingerprint density at radius 1 is 1.50 bits per heavy atom. The van der Waals surface area contributed by atoms with Crippen molar-refractivity contribution in [3.05, 3.63) is 0 Å². The summed E-state index contributed by atoms with van der Waals surface area (Å²) in [6.45, 7) is 1.86. The van der Waals surface area contributed by atoms with Gasteiger partial charge in [-0.2, -0.15) is 0 Å². The Labute approximate surface area is 81.0 Å². The summed E-state index contributed by atoms with van der Waals surface area (Å²) in [6.07, 6.45) is -0.748. The Kier molecular flexibility index (Phi) is 5.72. The number of amides is 1. The van der Waals surface area contributed by atoms with E-state index >= 15 is 0 Å². The first-order valence-corrected chi connectivity index (χ1v) is 6.37. The minimum atomic E-state index is -2.96. The predicted molar refractivity (Wildman–Crippen MR) is 49.2 cm³/mol. The lowest BCUT2D eigenvalue weighted by Crippen LogP contribution is -2.22. The highest BCUT2D eigenvalue weighted by Crippen LogP contribution is 2.42. The zero-order valence-corrected chi connectivity index (χ0v) is 8.96. The minimum absolute atomic E-state index is 0.185. The zero-order chi connectivity index (χ0) is 9.61. The summed E-state index contributed by atoms with van der Waals surface area (Å²) < 4.78 is 15.9. The molecule has 0 saturated carbocycles. The number of hydrogen-bond acceptors (Lipinski definition) is 3. The van der Waals surface area contributed by atoms with E-state index in [1.807, 2.05) is 0 Å². The van der Waals surface area contributed by atoms with E-state index in [0.29, 0.717) is 0 Å². The van der Waals surface area contributed by atoms with Gasteiger partial charge in [-0.05, 0) is 6.92 Å². The van der Waals surface area contributed by atoms with Gasteiger partial charge in [0.15, 0.2) is 0 Å². The van der Waals surface area contributed by atoms with E-state index in [2.05, 4.69) is 9.82 Å². The number of alkyl halides is 2. The van der Waals surface area contributed by atoms with Crippen LogP contribution in [-0.2, 0) is 9.30 Å². The molecule has 4 nitrogen and oxygen atoms in total. The van der Waals surface area contributed by atoms with Gasteiger partial charge in [-0.15, -0.1) is 23.2 Å². The molecule has 0 fully saturated rings. The van der Waals surface area contributed by atoms with Gasteiger partial charge in [0.2, 0.25) is 7.29 Å². The normalized spacial score (nSPS) is 10.9. The highest BCUT2D eigenvalue weighted by molar-refractivity contribution is 7.65. The fraction of sp³-hybridized carbons (Fsp3) is 0.800. The Bertz CT molecular complexity index is 191. The molecule has 0 aromatic heterocycles. The fourth-order valence-electron chi connectivity index (χ4n) is 0.421. The van der Waals surface area contributed by atoms with Crippen LogP contribution in [0.3, 0.4) is 0 Å². The lowest BCUT2D eigenvalue weighted by atomic mass is 10.9. The van der Waals surface area contributed by atoms with E-state index in [1.165, 1.54) is 0 Å². The number of carbonyl (C=O) groups excluding carboxylic acids is 1. The number of hydrogen-bond donors (Lipinski definition) is 1. The molecular weight excluding hydrogens is 224 g/mol. The van der Waals surface area contributed by atoms with Gasteiger partial charge in [-0.1, -0.05) is 0 Å². The molecule has 0 bridgehead atoms. The number of ether oxygens (including phenoxy) is 1. The largest absolute Gasteiger partial charge is 0.450 e. The van der Waals surface area contributed by atoms with Crippen LogP contribution in [0.15, 0.2) is 0 Å². The van der Waals surface area contributed by atoms with Crippen molar-refractivity contribution in [2.45, 2.75) is 6.92 Å². The van der Waals surface area contributed by atoms with Gasteiger partial charge < -0.3 is 4.74 Å². The number of rotatable bonds is 4. The van der Waals surface area contributed by atoms with Crippen LogP contribution in [0.25, 0.3) is 0 Å². The average molecular weight is 234 g/mol. The Hall–Kier alpha value is 0.0800. The van der Waals surface area contributed by atoms with Crippen LogP contribution in [0.1, 0.15) is 6.92 Å². The van der Waals surface area contributed by atoms with E-state index in [4.69, 9.17) is 23.2 Å². The second kappa shape index (κ2) is 5.68. The Morgan fingerprint density at radius 3 is 2.33 bits per heavy atom. The molecule has 0 aliphatic rings. The van der Waals surface area contributed by atoms with Crippen LogP contribution < -0.4 is 5.09 Å². The summed E-state index contributed by atoms with van der Waals surface area (Å²) in [7, 11) is -2.96. The van der Waals surface area contributed by atoms with Crippen molar-refractivity contribution in [3.8, 4) is 0 Å². The van der Waals surface area contributed by atoms with Crippen LogP contribution in [0.4, 0.5) is 4.79 Å². The molecule has 0 radical (unpaired) electrons. The van der Waals surface area contributed by atoms with E-state index in [-0.39, 0.29) is 17.8 Å². The average Bonchev–Trinajstić information content (AvgIpc) is 2.05. The van der Waals surface area contributed by atoms with E-state index < -0.39 is 13.4 Å². The maximum atomic E-state index is 11.4. The lowest BCUT2D eigenvalue weighted by Gasteiger charge is -2.12. The van der Waals surface area contributed by atoms with Crippen molar-refractivity contribution in [1.29, 1.82) is 0 Å². The SMILES string of the molecule is CCOC(=O)NP(=O)(CCl)CCl. The molecule has 0 aromatic rings. The van der Waals surface area contributed by atoms with Crippen molar-refractivity contribution in [2.24, 2.45) is 0 Å². The van der Waals surface area contributed by atoms with Gasteiger partial charge in [0.25, 0.3) is 0 Å². The third-order valence-corrected chi connectivity index (χ3v) is 4.64. The quantitative estimate of drug-likeness (QED) is 0.600. The maximum Gasteiger partial charge on any atom is 0.412 e. The molecule has 0 aliphatic heterocycles. The molecule has 12 heavy (non-hydrogen) atoms. The van der Waals surface area contributed by atoms with E-state index in [9.17, 15) is 9.36 Å². The van der Waals surface area contributed by atoms with Crippen LogP contribution in [0.5, 0.6) is 0 Å². The molecule has 0 aliphatic carbocycles. The van der Waals surface area contributed by atoms with Crippen molar-refractivity contribution in [3.63, 3.8) is 0 Å². The second-order valence-electron chi connectivity index (χ2n) is 1.96. The molecular formula is C5H10Cl2NO3P. The third kappa shape index (κ3) is 4.19. The molecule has 1 N–H and O–H groups in total. The zero-order valence-electron chi connectivity index (χ0n) is 6.55.